The van der Waals surface area contributed by atoms with Crippen LogP contribution < -0.4 is 22.1 Å². The van der Waals surface area contributed by atoms with Crippen molar-refractivity contribution < 1.29 is 58.8 Å². The van der Waals surface area contributed by atoms with E-state index in [0.717, 1.165) is 0 Å². The third-order valence-electron chi connectivity index (χ3n) is 4.88. The molecule has 21 heteroatoms. The molecule has 41 heavy (non-hydrogen) atoms. The van der Waals surface area contributed by atoms with Crippen LogP contribution in [0.1, 0.15) is 25.7 Å². The standard InChI is InChI=1S/C20H32N6O12S2Se/c21-9(19(35)36)1-3-13(27)23-11(7-39)17(33)25(5-15(29)30)41-26(6-16(31)32)18(34)12(8-40)24-14(28)4-2-10(22)20(37)38/h9-12,39-40H,1-8,21-22H2,(H,23,27)(H,24,28)(H,29,30)(H,31,32)(H,35,36)(H,37,38). The Balaban J connectivity index is 5.76. The number of carboxylic acids is 4. The van der Waals surface area contributed by atoms with E-state index in [4.69, 9.17) is 21.7 Å². The summed E-state index contributed by atoms with van der Waals surface area (Å²) >= 11 is 6.31. The number of hydrogen-bond donors (Lipinski definition) is 10. The van der Waals surface area contributed by atoms with Gasteiger partial charge in [0.1, 0.15) is 0 Å². The van der Waals surface area contributed by atoms with Crippen LogP contribution in [-0.2, 0) is 38.4 Å². The predicted molar refractivity (Wildman–Crippen MR) is 146 cm³/mol. The van der Waals surface area contributed by atoms with Crippen molar-refractivity contribution in [2.24, 2.45) is 11.5 Å². The average molecular weight is 692 g/mol. The molecule has 0 aliphatic heterocycles. The molecule has 0 spiro atoms. The second-order valence-electron chi connectivity index (χ2n) is 8.19. The minimum absolute atomic E-state index is 0.266. The van der Waals surface area contributed by atoms with Crippen molar-refractivity contribution in [1.82, 2.24) is 18.5 Å². The fourth-order valence-electron chi connectivity index (χ4n) is 2.73. The van der Waals surface area contributed by atoms with Crippen LogP contribution in [0.15, 0.2) is 0 Å². The first-order chi connectivity index (χ1) is 19.0. The Morgan fingerprint density at radius 3 is 1.22 bits per heavy atom. The van der Waals surface area contributed by atoms with Crippen LogP contribution in [0.5, 0.6) is 0 Å². The topological polar surface area (TPSA) is 300 Å². The van der Waals surface area contributed by atoms with E-state index >= 15 is 0 Å². The van der Waals surface area contributed by atoms with Gasteiger partial charge in [-0.2, -0.15) is 0 Å². The van der Waals surface area contributed by atoms with Crippen molar-refractivity contribution in [2.75, 3.05) is 24.6 Å². The summed E-state index contributed by atoms with van der Waals surface area (Å²) in [5, 5.41) is 40.8. The molecule has 0 fully saturated rings. The van der Waals surface area contributed by atoms with Crippen LogP contribution in [0.3, 0.4) is 0 Å². The summed E-state index contributed by atoms with van der Waals surface area (Å²) in [6, 6.07) is -5.56. The van der Waals surface area contributed by atoms with Gasteiger partial charge in [0.05, 0.1) is 0 Å². The summed E-state index contributed by atoms with van der Waals surface area (Å²) in [7, 11) is 0. The molecule has 0 aromatic carbocycles. The number of nitrogens with zero attached hydrogens (tertiary/aromatic N) is 2. The first kappa shape index (κ1) is 37.9. The molecule has 0 saturated heterocycles. The molecule has 232 valence electrons. The number of thiol groups is 2. The van der Waals surface area contributed by atoms with E-state index in [-0.39, 0.29) is 37.2 Å². The monoisotopic (exact) mass is 692 g/mol. The summed E-state index contributed by atoms with van der Waals surface area (Å²) in [4.78, 5) is 95.3. The molecule has 0 aromatic rings. The molecule has 4 amide bonds. The third kappa shape index (κ3) is 14.9. The van der Waals surface area contributed by atoms with E-state index in [1.165, 1.54) is 0 Å². The number of rotatable bonds is 20. The van der Waals surface area contributed by atoms with Gasteiger partial charge >= 0.3 is 251 Å². The van der Waals surface area contributed by atoms with Gasteiger partial charge in [-0.1, -0.05) is 0 Å². The Labute approximate surface area is 250 Å². The Hall–Kier alpha value is -3.10. The van der Waals surface area contributed by atoms with Crippen molar-refractivity contribution >= 4 is 88.2 Å². The van der Waals surface area contributed by atoms with E-state index in [2.05, 4.69) is 35.9 Å². The second kappa shape index (κ2) is 19.1. The summed E-state index contributed by atoms with van der Waals surface area (Å²) < 4.78 is 1.26. The Morgan fingerprint density at radius 1 is 0.659 bits per heavy atom. The van der Waals surface area contributed by atoms with Crippen molar-refractivity contribution in [3.05, 3.63) is 0 Å². The van der Waals surface area contributed by atoms with Crippen LogP contribution in [0.2, 0.25) is 0 Å². The number of carbonyl (C=O) groups is 8. The Morgan fingerprint density at radius 2 is 0.976 bits per heavy atom. The maximum atomic E-state index is 13.1. The zero-order valence-electron chi connectivity index (χ0n) is 21.4. The van der Waals surface area contributed by atoms with Gasteiger partial charge in [0.15, 0.2) is 0 Å². The predicted octanol–water partition coefficient (Wildman–Crippen LogP) is -4.44. The van der Waals surface area contributed by atoms with Crippen LogP contribution >= 0.6 is 25.3 Å². The van der Waals surface area contributed by atoms with Crippen molar-refractivity contribution in [2.45, 2.75) is 49.9 Å². The summed E-state index contributed by atoms with van der Waals surface area (Å²) in [5.41, 5.74) is 10.7. The van der Waals surface area contributed by atoms with Crippen LogP contribution in [0.25, 0.3) is 0 Å². The fourth-order valence-corrected chi connectivity index (χ4v) is 5.30. The molecule has 4 unspecified atom stereocenters. The molecule has 0 aliphatic carbocycles. The molecular weight excluding hydrogens is 659 g/mol. The van der Waals surface area contributed by atoms with Crippen LogP contribution in [0.4, 0.5) is 0 Å². The third-order valence-corrected chi connectivity index (χ3v) is 7.73. The molecular formula is C20H32N6O12S2Se. The number of nitrogens with one attached hydrogen (secondary N) is 2. The van der Waals surface area contributed by atoms with Crippen molar-refractivity contribution in [1.29, 1.82) is 0 Å². The van der Waals surface area contributed by atoms with E-state index in [1.807, 2.05) is 0 Å². The van der Waals surface area contributed by atoms with Crippen LogP contribution in [0, 0.1) is 0 Å². The van der Waals surface area contributed by atoms with E-state index in [0.29, 0.717) is 7.83 Å². The van der Waals surface area contributed by atoms with Gasteiger partial charge in [0, 0.05) is 0 Å². The van der Waals surface area contributed by atoms with Gasteiger partial charge in [-0.05, 0) is 0 Å². The van der Waals surface area contributed by atoms with Gasteiger partial charge in [-0.3, -0.25) is 0 Å². The molecule has 0 heterocycles. The number of carbonyl (C=O) groups excluding carboxylic acids is 4. The van der Waals surface area contributed by atoms with E-state index < -0.39 is 100 Å². The first-order valence-corrected chi connectivity index (χ1v) is 14.3. The molecule has 0 radical (unpaired) electrons. The normalized spacial score (nSPS) is 13.6. The average Bonchev–Trinajstić information content (AvgIpc) is 2.89. The zero-order chi connectivity index (χ0) is 31.9. The fraction of sp³-hybridized carbons (Fsp3) is 0.600. The Bertz CT molecular complexity index is 930. The molecule has 18 nitrogen and oxygen atoms in total. The van der Waals surface area contributed by atoms with Crippen molar-refractivity contribution in [3.63, 3.8) is 0 Å². The van der Waals surface area contributed by atoms with Crippen LogP contribution in [-0.4, -0.2) is 140 Å². The zero-order valence-corrected chi connectivity index (χ0v) is 24.9. The maximum absolute atomic E-state index is 13.1. The minimum atomic E-state index is -1.64. The molecule has 0 aliphatic rings. The molecule has 4 atom stereocenters. The number of aliphatic carboxylic acids is 4. The molecule has 0 bridgehead atoms. The van der Waals surface area contributed by atoms with E-state index in [9.17, 15) is 48.6 Å². The number of hydrogen-bond acceptors (Lipinski definition) is 12. The van der Waals surface area contributed by atoms with Gasteiger partial charge < -0.3 is 0 Å². The van der Waals surface area contributed by atoms with Gasteiger partial charge in [0.25, 0.3) is 0 Å². The molecule has 10 N–H and O–H groups in total. The number of carboxylic acid groups (broad SMARTS) is 4. The van der Waals surface area contributed by atoms with Gasteiger partial charge in [-0.15, -0.1) is 0 Å². The van der Waals surface area contributed by atoms with Gasteiger partial charge in [0.2, 0.25) is 0 Å². The van der Waals surface area contributed by atoms with Gasteiger partial charge in [-0.25, -0.2) is 0 Å². The number of amides is 4. The van der Waals surface area contributed by atoms with E-state index in [1.54, 1.807) is 0 Å². The van der Waals surface area contributed by atoms with Crippen molar-refractivity contribution in [3.8, 4) is 0 Å². The Kier molecular flexibility index (Phi) is 17.7. The summed E-state index contributed by atoms with van der Waals surface area (Å²) in [6.07, 6.45) is -1.31. The molecule has 0 aromatic heterocycles. The second-order valence-corrected chi connectivity index (χ2v) is 11.1. The summed E-state index contributed by atoms with van der Waals surface area (Å²) in [6.45, 7) is -2.01. The summed E-state index contributed by atoms with van der Waals surface area (Å²) in [5.74, 6) is -10.1. The number of nitrogens with two attached hydrogens (primary N) is 2. The molecule has 0 rings (SSSR count). The SMILES string of the molecule is NC(CCC(=O)NC(CS)C(=O)N(CC(=O)O)[Se]N(CC(=O)O)C(=O)C(CS)NC(=O)CCC(N)C(=O)O)C(=O)O. The first-order valence-electron chi connectivity index (χ1n) is 11.6. The quantitative estimate of drug-likeness (QED) is 0.0426. The molecule has 0 saturated carbocycles.